The van der Waals surface area contributed by atoms with E-state index in [4.69, 9.17) is 30.8 Å². The lowest BCUT2D eigenvalue weighted by Gasteiger charge is -2.26. The maximum atomic E-state index is 14.2. The van der Waals surface area contributed by atoms with Crippen LogP contribution >= 0.6 is 38.9 Å². The van der Waals surface area contributed by atoms with E-state index in [0.717, 1.165) is 21.2 Å². The molecule has 0 N–H and O–H groups in total. The van der Waals surface area contributed by atoms with Gasteiger partial charge in [0, 0.05) is 10.6 Å². The quantitative estimate of drug-likeness (QED) is 0.155. The molecule has 0 amide bonds. The van der Waals surface area contributed by atoms with Crippen molar-refractivity contribution in [3.05, 3.63) is 154 Å². The number of rotatable bonds is 9. The first-order valence-corrected chi connectivity index (χ1v) is 16.4. The Morgan fingerprint density at radius 2 is 1.80 bits per heavy atom. The standard InChI is InChI=1S/C36H28BrClN2O5S/c1-3-44-35(42)31-32(24-8-5-4-6-9-24)39-36-40(33(31)25-10-7-11-27(20-25)43-2)34(41)30(46-36)19-23-14-17-29(28(37)18-23)45-21-22-12-15-26(38)16-13-22/h4-20,33H,3,21H2,1-2H3/b30-19-/t33-/m0/s1. The maximum absolute atomic E-state index is 14.2. The molecule has 1 aliphatic heterocycles. The number of nitrogens with zero attached hydrogens (tertiary/aromatic N) is 2. The van der Waals surface area contributed by atoms with Crippen LogP contribution in [0.25, 0.3) is 11.8 Å². The summed E-state index contributed by atoms with van der Waals surface area (Å²) in [5.41, 5.74) is 3.70. The number of ether oxygens (including phenoxy) is 3. The van der Waals surface area contributed by atoms with E-state index < -0.39 is 12.0 Å². The second-order valence-electron chi connectivity index (χ2n) is 10.3. The lowest BCUT2D eigenvalue weighted by atomic mass is 9.93. The normalized spacial score (nSPS) is 14.4. The number of benzene rings is 4. The number of hydrogen-bond acceptors (Lipinski definition) is 7. The second kappa shape index (κ2) is 13.9. The van der Waals surface area contributed by atoms with Gasteiger partial charge in [0.05, 0.1) is 40.0 Å². The Morgan fingerprint density at radius 1 is 1.02 bits per heavy atom. The zero-order valence-electron chi connectivity index (χ0n) is 24.9. The molecule has 0 aliphatic carbocycles. The zero-order chi connectivity index (χ0) is 32.2. The van der Waals surface area contributed by atoms with Crippen molar-refractivity contribution in [3.63, 3.8) is 0 Å². The molecule has 0 unspecified atom stereocenters. The van der Waals surface area contributed by atoms with E-state index in [1.165, 1.54) is 11.3 Å². The van der Waals surface area contributed by atoms with E-state index >= 15 is 0 Å². The van der Waals surface area contributed by atoms with Gasteiger partial charge in [-0.2, -0.15) is 0 Å². The van der Waals surface area contributed by atoms with Crippen molar-refractivity contribution in [1.29, 1.82) is 0 Å². The molecule has 5 aromatic rings. The van der Waals surface area contributed by atoms with Crippen LogP contribution < -0.4 is 24.4 Å². The summed E-state index contributed by atoms with van der Waals surface area (Å²) in [6, 6.07) is 29.1. The molecule has 0 spiro atoms. The molecule has 0 saturated heterocycles. The van der Waals surface area contributed by atoms with Crippen LogP contribution in [-0.2, 0) is 16.1 Å². The Balaban J connectivity index is 1.46. The summed E-state index contributed by atoms with van der Waals surface area (Å²) in [7, 11) is 1.58. The molecule has 0 bridgehead atoms. The smallest absolute Gasteiger partial charge is 0.338 e. The lowest BCUT2D eigenvalue weighted by Crippen LogP contribution is -2.40. The van der Waals surface area contributed by atoms with Gasteiger partial charge in [0.15, 0.2) is 4.80 Å². The van der Waals surface area contributed by atoms with Crippen LogP contribution in [0, 0.1) is 0 Å². The monoisotopic (exact) mass is 714 g/mol. The summed E-state index contributed by atoms with van der Waals surface area (Å²) in [5, 5.41) is 0.669. The molecule has 0 radical (unpaired) electrons. The highest BCUT2D eigenvalue weighted by molar-refractivity contribution is 9.10. The highest BCUT2D eigenvalue weighted by Gasteiger charge is 2.35. The molecular formula is C36H28BrClN2O5S. The van der Waals surface area contributed by atoms with Gasteiger partial charge in [-0.1, -0.05) is 83.6 Å². The van der Waals surface area contributed by atoms with Crippen molar-refractivity contribution in [1.82, 2.24) is 4.57 Å². The van der Waals surface area contributed by atoms with Gasteiger partial charge in [0.2, 0.25) is 0 Å². The highest BCUT2D eigenvalue weighted by atomic mass is 79.9. The summed E-state index contributed by atoms with van der Waals surface area (Å²) in [5.74, 6) is 0.729. The Morgan fingerprint density at radius 3 is 2.52 bits per heavy atom. The highest BCUT2D eigenvalue weighted by Crippen LogP contribution is 2.36. The van der Waals surface area contributed by atoms with E-state index in [-0.39, 0.29) is 17.7 Å². The van der Waals surface area contributed by atoms with Crippen LogP contribution in [0.5, 0.6) is 11.5 Å². The van der Waals surface area contributed by atoms with Crippen molar-refractivity contribution < 1.29 is 19.0 Å². The van der Waals surface area contributed by atoms with E-state index in [1.54, 1.807) is 18.6 Å². The number of fused-ring (bicyclic) bond motifs is 1. The Bertz CT molecular complexity index is 2120. The third kappa shape index (κ3) is 6.58. The molecule has 0 saturated carbocycles. The Kier molecular flexibility index (Phi) is 9.53. The van der Waals surface area contributed by atoms with Crippen LogP contribution in [0.2, 0.25) is 5.02 Å². The average Bonchev–Trinajstić information content (AvgIpc) is 3.38. The van der Waals surface area contributed by atoms with Gasteiger partial charge in [0.1, 0.15) is 18.1 Å². The van der Waals surface area contributed by atoms with Gasteiger partial charge in [-0.3, -0.25) is 9.36 Å². The lowest BCUT2D eigenvalue weighted by molar-refractivity contribution is -0.138. The van der Waals surface area contributed by atoms with Crippen LogP contribution in [0.3, 0.4) is 0 Å². The van der Waals surface area contributed by atoms with Crippen molar-refractivity contribution >= 4 is 56.6 Å². The first kappa shape index (κ1) is 31.5. The molecule has 10 heteroatoms. The van der Waals surface area contributed by atoms with Crippen molar-refractivity contribution in [3.8, 4) is 11.5 Å². The third-order valence-electron chi connectivity index (χ3n) is 7.34. The van der Waals surface area contributed by atoms with Crippen molar-refractivity contribution in [2.75, 3.05) is 13.7 Å². The summed E-state index contributed by atoms with van der Waals surface area (Å²) in [6.07, 6.45) is 1.82. The number of thiazole rings is 1. The first-order chi connectivity index (χ1) is 22.4. The molecule has 46 heavy (non-hydrogen) atoms. The van der Waals surface area contributed by atoms with E-state index in [0.29, 0.717) is 43.7 Å². The number of esters is 1. The summed E-state index contributed by atoms with van der Waals surface area (Å²) in [4.78, 5) is 33.2. The van der Waals surface area contributed by atoms with Gasteiger partial charge < -0.3 is 14.2 Å². The van der Waals surface area contributed by atoms with Gasteiger partial charge in [-0.25, -0.2) is 9.79 Å². The minimum absolute atomic E-state index is 0.175. The maximum Gasteiger partial charge on any atom is 0.338 e. The Labute approximate surface area is 282 Å². The molecule has 4 aromatic carbocycles. The molecule has 1 aromatic heterocycles. The van der Waals surface area contributed by atoms with Crippen molar-refractivity contribution in [2.45, 2.75) is 19.6 Å². The molecule has 1 atom stereocenters. The van der Waals surface area contributed by atoms with E-state index in [1.807, 2.05) is 103 Å². The molecule has 232 valence electrons. The first-order valence-electron chi connectivity index (χ1n) is 14.5. The fourth-order valence-electron chi connectivity index (χ4n) is 5.18. The Hall–Kier alpha value is -4.44. The molecular weight excluding hydrogens is 688 g/mol. The third-order valence-corrected chi connectivity index (χ3v) is 9.20. The predicted molar refractivity (Wildman–Crippen MR) is 184 cm³/mol. The molecule has 2 heterocycles. The van der Waals surface area contributed by atoms with E-state index in [9.17, 15) is 9.59 Å². The number of halogens is 2. The summed E-state index contributed by atoms with van der Waals surface area (Å²) >= 11 is 10.9. The summed E-state index contributed by atoms with van der Waals surface area (Å²) in [6.45, 7) is 2.31. The van der Waals surface area contributed by atoms with Gasteiger partial charge in [-0.15, -0.1) is 0 Å². The molecule has 6 rings (SSSR count). The van der Waals surface area contributed by atoms with Crippen LogP contribution in [-0.4, -0.2) is 24.3 Å². The van der Waals surface area contributed by atoms with E-state index in [2.05, 4.69) is 15.9 Å². The minimum atomic E-state index is -0.793. The summed E-state index contributed by atoms with van der Waals surface area (Å²) < 4.78 is 19.8. The number of hydrogen-bond donors (Lipinski definition) is 0. The number of carbonyl (C=O) groups is 1. The largest absolute Gasteiger partial charge is 0.497 e. The fraction of sp³-hybridized carbons (Fsp3) is 0.139. The SMILES string of the molecule is CCOC(=O)C1=C(c2ccccc2)N=c2s/c(=C\c3ccc(OCc4ccc(Cl)cc4)c(Br)c3)c(=O)n2[C@H]1c1cccc(OC)c1. The van der Waals surface area contributed by atoms with Crippen LogP contribution in [0.15, 0.2) is 117 Å². The minimum Gasteiger partial charge on any atom is -0.497 e. The van der Waals surface area contributed by atoms with Crippen LogP contribution in [0.4, 0.5) is 0 Å². The fourth-order valence-corrected chi connectivity index (χ4v) is 6.82. The number of methoxy groups -OCH3 is 1. The van der Waals surface area contributed by atoms with Crippen LogP contribution in [0.1, 0.15) is 35.2 Å². The van der Waals surface area contributed by atoms with Gasteiger partial charge >= 0.3 is 5.97 Å². The molecule has 0 fully saturated rings. The molecule has 1 aliphatic rings. The number of carbonyl (C=O) groups excluding carboxylic acids is 1. The van der Waals surface area contributed by atoms with Gasteiger partial charge in [-0.05, 0) is 82.0 Å². The predicted octanol–water partition coefficient (Wildman–Crippen LogP) is 6.94. The number of aromatic nitrogens is 1. The average molecular weight is 716 g/mol. The molecule has 7 nitrogen and oxygen atoms in total. The van der Waals surface area contributed by atoms with Gasteiger partial charge in [0.25, 0.3) is 5.56 Å². The zero-order valence-corrected chi connectivity index (χ0v) is 28.1. The van der Waals surface area contributed by atoms with Crippen molar-refractivity contribution in [2.24, 2.45) is 4.99 Å². The second-order valence-corrected chi connectivity index (χ2v) is 12.6. The topological polar surface area (TPSA) is 79.1 Å².